The fourth-order valence-corrected chi connectivity index (χ4v) is 4.82. The van der Waals surface area contributed by atoms with Gasteiger partial charge in [-0.15, -0.1) is 11.3 Å². The number of anilines is 1. The first-order valence-electron chi connectivity index (χ1n) is 8.99. The number of hydrogen-bond acceptors (Lipinski definition) is 5. The topological polar surface area (TPSA) is 95.9 Å². The summed E-state index contributed by atoms with van der Waals surface area (Å²) in [6.45, 7) is 4.33. The number of carbonyl (C=O) groups excluding carboxylic acids is 2. The van der Waals surface area contributed by atoms with E-state index in [9.17, 15) is 14.4 Å². The number of thiophene rings is 1. The van der Waals surface area contributed by atoms with Crippen molar-refractivity contribution in [2.24, 2.45) is 5.92 Å². The number of rotatable bonds is 5. The van der Waals surface area contributed by atoms with Gasteiger partial charge in [-0.1, -0.05) is 6.92 Å². The van der Waals surface area contributed by atoms with Crippen LogP contribution in [0.15, 0.2) is 0 Å². The van der Waals surface area contributed by atoms with E-state index in [1.54, 1.807) is 4.90 Å². The van der Waals surface area contributed by atoms with E-state index in [1.807, 2.05) is 0 Å². The molecule has 1 aromatic rings. The van der Waals surface area contributed by atoms with E-state index in [1.165, 1.54) is 11.3 Å². The van der Waals surface area contributed by atoms with Crippen molar-refractivity contribution in [3.8, 4) is 0 Å². The second-order valence-corrected chi connectivity index (χ2v) is 8.01. The standard InChI is InChI=1S/C18H24N2O5S/c1-11-2-3-12-13(10-11)26-17(19-14(21)4-5-15(22)23)16(12)18(24)20-6-8-25-9-7-20/h11H,2-10H2,1H3,(H,19,21)(H,22,23)/t11-/m0/s1. The van der Waals surface area contributed by atoms with Gasteiger partial charge in [0.2, 0.25) is 5.91 Å². The van der Waals surface area contributed by atoms with E-state index in [4.69, 9.17) is 9.84 Å². The number of aliphatic carboxylic acids is 1. The number of carboxylic acids is 1. The number of amides is 2. The first-order valence-corrected chi connectivity index (χ1v) is 9.80. The Morgan fingerprint density at radius 1 is 1.27 bits per heavy atom. The van der Waals surface area contributed by atoms with Gasteiger partial charge < -0.3 is 20.1 Å². The third-order valence-electron chi connectivity index (χ3n) is 4.84. The predicted octanol–water partition coefficient (Wildman–Crippen LogP) is 2.15. The number of carbonyl (C=O) groups is 3. The molecule has 3 rings (SSSR count). The van der Waals surface area contributed by atoms with Crippen molar-refractivity contribution in [2.45, 2.75) is 39.0 Å². The third-order valence-corrected chi connectivity index (χ3v) is 6.01. The van der Waals surface area contributed by atoms with Crippen molar-refractivity contribution in [3.63, 3.8) is 0 Å². The van der Waals surface area contributed by atoms with Crippen LogP contribution in [-0.2, 0) is 27.2 Å². The molecule has 2 heterocycles. The minimum absolute atomic E-state index is 0.0612. The summed E-state index contributed by atoms with van der Waals surface area (Å²) in [6.07, 6.45) is 2.46. The van der Waals surface area contributed by atoms with Gasteiger partial charge >= 0.3 is 5.97 Å². The van der Waals surface area contributed by atoms with Crippen LogP contribution >= 0.6 is 11.3 Å². The van der Waals surface area contributed by atoms with Crippen molar-refractivity contribution in [1.29, 1.82) is 0 Å². The molecule has 1 fully saturated rings. The minimum Gasteiger partial charge on any atom is -0.481 e. The number of nitrogens with zero attached hydrogens (tertiary/aromatic N) is 1. The Morgan fingerprint density at radius 3 is 2.69 bits per heavy atom. The maximum Gasteiger partial charge on any atom is 0.303 e. The average molecular weight is 380 g/mol. The van der Waals surface area contributed by atoms with Gasteiger partial charge in [-0.3, -0.25) is 14.4 Å². The van der Waals surface area contributed by atoms with E-state index in [-0.39, 0.29) is 24.7 Å². The summed E-state index contributed by atoms with van der Waals surface area (Å²) in [5.74, 6) is -0.879. The molecule has 0 unspecified atom stereocenters. The molecule has 2 amide bonds. The van der Waals surface area contributed by atoms with Gasteiger partial charge in [-0.05, 0) is 30.7 Å². The zero-order valence-electron chi connectivity index (χ0n) is 14.9. The number of hydrogen-bond donors (Lipinski definition) is 2. The maximum absolute atomic E-state index is 13.1. The van der Waals surface area contributed by atoms with Crippen LogP contribution in [0.5, 0.6) is 0 Å². The second-order valence-electron chi connectivity index (χ2n) is 6.90. The fraction of sp³-hybridized carbons (Fsp3) is 0.611. The molecule has 0 spiro atoms. The molecule has 26 heavy (non-hydrogen) atoms. The lowest BCUT2D eigenvalue weighted by Gasteiger charge is -2.28. The summed E-state index contributed by atoms with van der Waals surface area (Å²) in [7, 11) is 0. The molecule has 142 valence electrons. The number of carboxylic acid groups (broad SMARTS) is 1. The van der Waals surface area contributed by atoms with Crippen LogP contribution in [0.4, 0.5) is 5.00 Å². The Morgan fingerprint density at radius 2 is 2.00 bits per heavy atom. The molecule has 0 radical (unpaired) electrons. The second kappa shape index (κ2) is 8.18. The molecule has 0 aromatic carbocycles. The van der Waals surface area contributed by atoms with Gasteiger partial charge in [0, 0.05) is 24.4 Å². The number of nitrogens with one attached hydrogen (secondary N) is 1. The van der Waals surface area contributed by atoms with Crippen LogP contribution in [-0.4, -0.2) is 54.1 Å². The van der Waals surface area contributed by atoms with Crippen LogP contribution in [0, 0.1) is 5.92 Å². The van der Waals surface area contributed by atoms with Crippen molar-refractivity contribution >= 4 is 34.1 Å². The average Bonchev–Trinajstić information content (AvgIpc) is 2.96. The first-order chi connectivity index (χ1) is 12.5. The number of ether oxygens (including phenoxy) is 1. The maximum atomic E-state index is 13.1. The Labute approximate surface area is 156 Å². The summed E-state index contributed by atoms with van der Waals surface area (Å²) in [6, 6.07) is 0. The molecular weight excluding hydrogens is 356 g/mol. The van der Waals surface area contributed by atoms with E-state index >= 15 is 0 Å². The highest BCUT2D eigenvalue weighted by atomic mass is 32.1. The van der Waals surface area contributed by atoms with Crippen molar-refractivity contribution in [1.82, 2.24) is 4.90 Å². The Bertz CT molecular complexity index is 709. The summed E-state index contributed by atoms with van der Waals surface area (Å²) in [4.78, 5) is 38.9. The van der Waals surface area contributed by atoms with E-state index in [2.05, 4.69) is 12.2 Å². The lowest BCUT2D eigenvalue weighted by Crippen LogP contribution is -2.41. The van der Waals surface area contributed by atoms with Gasteiger partial charge in [0.25, 0.3) is 5.91 Å². The minimum atomic E-state index is -1.01. The molecule has 8 heteroatoms. The van der Waals surface area contributed by atoms with Gasteiger partial charge in [-0.25, -0.2) is 0 Å². The van der Waals surface area contributed by atoms with Crippen molar-refractivity contribution < 1.29 is 24.2 Å². The van der Waals surface area contributed by atoms with Gasteiger partial charge in [0.05, 0.1) is 25.2 Å². The molecule has 1 saturated heterocycles. The van der Waals surface area contributed by atoms with Crippen LogP contribution in [0.2, 0.25) is 0 Å². The number of fused-ring (bicyclic) bond motifs is 1. The third kappa shape index (κ3) is 4.24. The molecule has 1 aliphatic heterocycles. The molecule has 0 bridgehead atoms. The molecule has 1 atom stereocenters. The van der Waals surface area contributed by atoms with Crippen LogP contribution in [0.3, 0.4) is 0 Å². The van der Waals surface area contributed by atoms with Gasteiger partial charge in [0.1, 0.15) is 5.00 Å². The van der Waals surface area contributed by atoms with Gasteiger partial charge in [-0.2, -0.15) is 0 Å². The van der Waals surface area contributed by atoms with Crippen molar-refractivity contribution in [2.75, 3.05) is 31.6 Å². The van der Waals surface area contributed by atoms with Crippen molar-refractivity contribution in [3.05, 3.63) is 16.0 Å². The normalized spacial score (nSPS) is 19.7. The molecule has 1 aliphatic carbocycles. The monoisotopic (exact) mass is 380 g/mol. The highest BCUT2D eigenvalue weighted by Gasteiger charge is 2.31. The SMILES string of the molecule is C[C@H]1CCc2c(sc(NC(=O)CCC(=O)O)c2C(=O)N2CCOCC2)C1. The Balaban J connectivity index is 1.86. The summed E-state index contributed by atoms with van der Waals surface area (Å²) >= 11 is 1.46. The Hall–Kier alpha value is -1.93. The number of morpholine rings is 1. The quantitative estimate of drug-likeness (QED) is 0.816. The lowest BCUT2D eigenvalue weighted by atomic mass is 9.88. The molecule has 2 aliphatic rings. The first kappa shape index (κ1) is 18.8. The lowest BCUT2D eigenvalue weighted by molar-refractivity contribution is -0.138. The zero-order chi connectivity index (χ0) is 18.7. The molecule has 7 nitrogen and oxygen atoms in total. The predicted molar refractivity (Wildman–Crippen MR) is 97.7 cm³/mol. The molecule has 2 N–H and O–H groups in total. The van der Waals surface area contributed by atoms with E-state index in [0.717, 1.165) is 29.7 Å². The molecular formula is C18H24N2O5S. The fourth-order valence-electron chi connectivity index (χ4n) is 3.40. The highest BCUT2D eigenvalue weighted by Crippen LogP contribution is 2.40. The van der Waals surface area contributed by atoms with Crippen LogP contribution < -0.4 is 5.32 Å². The summed E-state index contributed by atoms with van der Waals surface area (Å²) in [5, 5.41) is 12.1. The smallest absolute Gasteiger partial charge is 0.303 e. The molecule has 0 saturated carbocycles. The zero-order valence-corrected chi connectivity index (χ0v) is 15.7. The summed E-state index contributed by atoms with van der Waals surface area (Å²) in [5.41, 5.74) is 1.65. The largest absolute Gasteiger partial charge is 0.481 e. The highest BCUT2D eigenvalue weighted by molar-refractivity contribution is 7.17. The van der Waals surface area contributed by atoms with Crippen LogP contribution in [0.25, 0.3) is 0 Å². The van der Waals surface area contributed by atoms with E-state index < -0.39 is 5.97 Å². The Kier molecular flexibility index (Phi) is 5.93. The van der Waals surface area contributed by atoms with Crippen LogP contribution in [0.1, 0.15) is 47.0 Å². The molecule has 1 aromatic heterocycles. The van der Waals surface area contributed by atoms with E-state index in [0.29, 0.717) is 42.8 Å². The summed E-state index contributed by atoms with van der Waals surface area (Å²) < 4.78 is 5.33. The van der Waals surface area contributed by atoms with Gasteiger partial charge in [0.15, 0.2) is 0 Å².